The molecule has 0 saturated heterocycles. The molecule has 0 aliphatic heterocycles. The number of rotatable bonds is 5. The Morgan fingerprint density at radius 3 is 2.17 bits per heavy atom. The lowest BCUT2D eigenvalue weighted by atomic mass is 10.2. The predicted octanol–water partition coefficient (Wildman–Crippen LogP) is 0.490. The van der Waals surface area contributed by atoms with Crippen LogP contribution in [0.5, 0.6) is 0 Å². The van der Waals surface area contributed by atoms with Crippen molar-refractivity contribution in [1.29, 1.82) is 0 Å². The van der Waals surface area contributed by atoms with Crippen molar-refractivity contribution in [1.82, 2.24) is 0 Å². The molecule has 0 heterocycles. The highest BCUT2D eigenvalue weighted by atomic mass is 31.2. The largest absolute Gasteiger partial charge is 0.469 e. The highest BCUT2D eigenvalue weighted by molar-refractivity contribution is 7.46. The van der Waals surface area contributed by atoms with Crippen LogP contribution in [0.25, 0.3) is 0 Å². The molecule has 0 amide bonds. The number of phosphoric acid groups is 1. The van der Waals surface area contributed by atoms with Gasteiger partial charge in [-0.3, -0.25) is 4.52 Å². The summed E-state index contributed by atoms with van der Waals surface area (Å²) in [6.45, 7) is 3.79. The maximum Gasteiger partial charge on any atom is 0.469 e. The lowest BCUT2D eigenvalue weighted by Gasteiger charge is -2.14. The van der Waals surface area contributed by atoms with Gasteiger partial charge >= 0.3 is 7.82 Å². The van der Waals surface area contributed by atoms with Crippen molar-refractivity contribution in [3.8, 4) is 0 Å². The number of hydrogen-bond acceptors (Lipinski definition) is 2. The van der Waals surface area contributed by atoms with E-state index < -0.39 is 7.82 Å². The topological polar surface area (TPSA) is 66.8 Å². The van der Waals surface area contributed by atoms with Crippen LogP contribution in [0, 0.1) is 0 Å². The van der Waals surface area contributed by atoms with E-state index >= 15 is 0 Å². The molecule has 0 spiro atoms. The van der Waals surface area contributed by atoms with Gasteiger partial charge in [-0.15, -0.1) is 0 Å². The molecule has 0 aromatic heterocycles. The Morgan fingerprint density at radius 1 is 1.42 bits per heavy atom. The Labute approximate surface area is 83.7 Å². The van der Waals surface area contributed by atoms with E-state index in [1.54, 1.807) is 0 Å². The van der Waals surface area contributed by atoms with Crippen LogP contribution in [0.15, 0.2) is 0 Å². The summed E-state index contributed by atoms with van der Waals surface area (Å²) in [4.78, 5) is 16.9. The van der Waals surface area contributed by atoms with Gasteiger partial charge in [0.05, 0.1) is 6.10 Å². The van der Waals surface area contributed by atoms with Crippen LogP contribution in [0.3, 0.4) is 0 Å². The molecule has 6 heteroatoms. The van der Waals surface area contributed by atoms with E-state index in [-0.39, 0.29) is 23.5 Å². The fourth-order valence-electron chi connectivity index (χ4n) is 0.848. The van der Waals surface area contributed by atoms with Crippen LogP contribution in [0.1, 0.15) is 33.1 Å². The molecule has 0 aromatic carbocycles. The van der Waals surface area contributed by atoms with Gasteiger partial charge in [-0.2, -0.15) is 0 Å². The summed E-state index contributed by atoms with van der Waals surface area (Å²) < 4.78 is 14.8. The first-order chi connectivity index (χ1) is 4.99. The molecule has 2 N–H and O–H groups in total. The summed E-state index contributed by atoms with van der Waals surface area (Å²) in [5.74, 6) is 0. The van der Waals surface area contributed by atoms with Gasteiger partial charge in [-0.1, -0.05) is 20.3 Å². The second-order valence-electron chi connectivity index (χ2n) is 2.41. The smallest absolute Gasteiger partial charge is 0.303 e. The zero-order valence-corrected chi connectivity index (χ0v) is 7.75. The van der Waals surface area contributed by atoms with Gasteiger partial charge in [-0.25, -0.2) is 4.57 Å². The molecule has 4 nitrogen and oxygen atoms in total. The van der Waals surface area contributed by atoms with Crippen molar-refractivity contribution >= 4 is 25.2 Å². The molecule has 0 fully saturated rings. The minimum absolute atomic E-state index is 0. The molecule has 0 bridgehead atoms. The standard InChI is InChI=1S/C6H15O4P.Al.3H/c1-3-5-6(4-2)10-11(7,8)9;;;;/h6H,3-5H2,1-2H3,(H2,7,8,9);;;;. The highest BCUT2D eigenvalue weighted by Crippen LogP contribution is 2.39. The van der Waals surface area contributed by atoms with E-state index in [4.69, 9.17) is 9.79 Å². The van der Waals surface area contributed by atoms with Gasteiger partial charge in [0, 0.05) is 0 Å². The average Bonchev–Trinajstić information content (AvgIpc) is 1.84. The van der Waals surface area contributed by atoms with Crippen molar-refractivity contribution in [2.45, 2.75) is 39.2 Å². The first kappa shape index (κ1) is 15.1. The predicted molar refractivity (Wildman–Crippen MR) is 52.1 cm³/mol. The summed E-state index contributed by atoms with van der Waals surface area (Å²) in [5, 5.41) is 0. The molecular formula is C6H18AlO4P. The van der Waals surface area contributed by atoms with Crippen LogP contribution in [-0.2, 0) is 9.09 Å². The Hall–Kier alpha value is 0.642. The third kappa shape index (κ3) is 8.74. The lowest BCUT2D eigenvalue weighted by molar-refractivity contribution is 0.123. The summed E-state index contributed by atoms with van der Waals surface area (Å²) in [6.07, 6.45) is 1.90. The monoisotopic (exact) mass is 212 g/mol. The molecule has 0 rings (SSSR count). The molecule has 1 unspecified atom stereocenters. The van der Waals surface area contributed by atoms with E-state index in [0.29, 0.717) is 12.8 Å². The first-order valence-electron chi connectivity index (χ1n) is 3.73. The first-order valence-corrected chi connectivity index (χ1v) is 5.26. The average molecular weight is 212 g/mol. The van der Waals surface area contributed by atoms with Gasteiger partial charge in [0.2, 0.25) is 0 Å². The van der Waals surface area contributed by atoms with Crippen molar-refractivity contribution in [2.24, 2.45) is 0 Å². The minimum Gasteiger partial charge on any atom is -0.303 e. The molecule has 1 atom stereocenters. The van der Waals surface area contributed by atoms with E-state index in [1.165, 1.54) is 0 Å². The maximum absolute atomic E-state index is 10.3. The van der Waals surface area contributed by atoms with Gasteiger partial charge in [-0.05, 0) is 12.8 Å². The van der Waals surface area contributed by atoms with Crippen LogP contribution < -0.4 is 0 Å². The van der Waals surface area contributed by atoms with Gasteiger partial charge in [0.25, 0.3) is 0 Å². The van der Waals surface area contributed by atoms with Crippen molar-refractivity contribution in [2.75, 3.05) is 0 Å². The summed E-state index contributed by atoms with van der Waals surface area (Å²) in [5.41, 5.74) is 0. The molecule has 0 aromatic rings. The molecule has 0 radical (unpaired) electrons. The number of hydrogen-bond donors (Lipinski definition) is 2. The molecule has 0 aliphatic carbocycles. The van der Waals surface area contributed by atoms with E-state index in [1.807, 2.05) is 13.8 Å². The van der Waals surface area contributed by atoms with Gasteiger partial charge < -0.3 is 9.79 Å². The van der Waals surface area contributed by atoms with Gasteiger partial charge in [0.1, 0.15) is 0 Å². The van der Waals surface area contributed by atoms with Crippen molar-refractivity contribution in [3.05, 3.63) is 0 Å². The maximum atomic E-state index is 10.3. The molecule has 74 valence electrons. The summed E-state index contributed by atoms with van der Waals surface area (Å²) >= 11 is 0. The Bertz CT molecular complexity index is 146. The van der Waals surface area contributed by atoms with E-state index in [2.05, 4.69) is 4.52 Å². The van der Waals surface area contributed by atoms with E-state index in [0.717, 1.165) is 6.42 Å². The van der Waals surface area contributed by atoms with Crippen molar-refractivity contribution in [3.63, 3.8) is 0 Å². The van der Waals surface area contributed by atoms with Crippen LogP contribution in [-0.4, -0.2) is 33.3 Å². The normalized spacial score (nSPS) is 13.7. The summed E-state index contributed by atoms with van der Waals surface area (Å²) in [6, 6.07) is 0. The van der Waals surface area contributed by atoms with E-state index in [9.17, 15) is 4.57 Å². The lowest BCUT2D eigenvalue weighted by Crippen LogP contribution is -2.09. The number of phosphoric ester groups is 1. The Morgan fingerprint density at radius 2 is 1.92 bits per heavy atom. The fourth-order valence-corrected chi connectivity index (χ4v) is 1.49. The quantitative estimate of drug-likeness (QED) is 0.514. The second-order valence-corrected chi connectivity index (χ2v) is 3.61. The highest BCUT2D eigenvalue weighted by Gasteiger charge is 2.19. The van der Waals surface area contributed by atoms with Crippen LogP contribution in [0.4, 0.5) is 0 Å². The van der Waals surface area contributed by atoms with Crippen molar-refractivity contribution < 1.29 is 18.9 Å². The third-order valence-electron chi connectivity index (χ3n) is 1.35. The third-order valence-corrected chi connectivity index (χ3v) is 1.93. The molecule has 0 aliphatic rings. The molecule has 12 heavy (non-hydrogen) atoms. The Balaban J connectivity index is 0. The zero-order chi connectivity index (χ0) is 8.91. The molecular weight excluding hydrogens is 194 g/mol. The molecule has 0 saturated carbocycles. The SMILES string of the molecule is CCCC(CC)OP(=O)(O)O.[AlH3]. The zero-order valence-electron chi connectivity index (χ0n) is 6.86. The van der Waals surface area contributed by atoms with Gasteiger partial charge in [0.15, 0.2) is 17.4 Å². The summed E-state index contributed by atoms with van der Waals surface area (Å²) in [7, 11) is -4.27. The fraction of sp³-hybridized carbons (Fsp3) is 1.00. The minimum atomic E-state index is -4.27. The Kier molecular flexibility index (Phi) is 8.93. The van der Waals surface area contributed by atoms with Crippen LogP contribution >= 0.6 is 7.82 Å². The second kappa shape index (κ2) is 7.09. The van der Waals surface area contributed by atoms with Crippen LogP contribution in [0.2, 0.25) is 0 Å².